The molecule has 0 aromatic carbocycles. The third-order valence-electron chi connectivity index (χ3n) is 1.50. The molecule has 0 bridgehead atoms. The quantitative estimate of drug-likeness (QED) is 0.646. The molecule has 2 rings (SSSR count). The molecule has 0 spiro atoms. The normalized spacial score (nSPS) is 10.5. The maximum Gasteiger partial charge on any atom is 0.160 e. The monoisotopic (exact) mass is 226 g/mol. The van der Waals surface area contributed by atoms with E-state index in [0.29, 0.717) is 11.0 Å². The van der Waals surface area contributed by atoms with Crippen molar-refractivity contribution in [2.45, 2.75) is 0 Å². The Morgan fingerprint density at radius 1 is 1.42 bits per heavy atom. The van der Waals surface area contributed by atoms with Crippen molar-refractivity contribution < 1.29 is 4.39 Å². The lowest BCUT2D eigenvalue weighted by atomic mass is 10.3. The highest BCUT2D eigenvalue weighted by Crippen LogP contribution is 2.17. The molecule has 4 heteroatoms. The zero-order chi connectivity index (χ0) is 8.55. The average molecular weight is 227 g/mol. The van der Waals surface area contributed by atoms with Crippen LogP contribution in [-0.2, 0) is 0 Å². The minimum Gasteiger partial charge on any atom is -0.237 e. The van der Waals surface area contributed by atoms with E-state index < -0.39 is 0 Å². The molecule has 0 fully saturated rings. The van der Waals surface area contributed by atoms with Gasteiger partial charge < -0.3 is 0 Å². The molecule has 0 unspecified atom stereocenters. The molecule has 2 nitrogen and oxygen atoms in total. The van der Waals surface area contributed by atoms with Gasteiger partial charge in [-0.2, -0.15) is 0 Å². The van der Waals surface area contributed by atoms with Gasteiger partial charge in [-0.3, -0.25) is 0 Å². The second kappa shape index (κ2) is 2.79. The van der Waals surface area contributed by atoms with Crippen LogP contribution in [0.3, 0.4) is 0 Å². The summed E-state index contributed by atoms with van der Waals surface area (Å²) in [5, 5.41) is 0.707. The molecule has 0 radical (unpaired) electrons. The zero-order valence-corrected chi connectivity index (χ0v) is 7.55. The Bertz CT molecular complexity index is 390. The molecule has 12 heavy (non-hydrogen) atoms. The van der Waals surface area contributed by atoms with Gasteiger partial charge in [0.05, 0.1) is 0 Å². The Morgan fingerprint density at radius 3 is 3.08 bits per heavy atom. The molecule has 0 atom stereocenters. The van der Waals surface area contributed by atoms with Crippen LogP contribution >= 0.6 is 15.9 Å². The lowest BCUT2D eigenvalue weighted by molar-refractivity contribution is 0.616. The molecule has 0 aliphatic carbocycles. The molecule has 0 N–H and O–H groups in total. The number of pyridine rings is 2. The minimum atomic E-state index is -0.365. The van der Waals surface area contributed by atoms with Crippen LogP contribution in [0.4, 0.5) is 4.39 Å². The van der Waals surface area contributed by atoms with E-state index in [1.54, 1.807) is 18.3 Å². The lowest BCUT2D eigenvalue weighted by Gasteiger charge is -1.96. The molecular weight excluding hydrogens is 223 g/mol. The van der Waals surface area contributed by atoms with Crippen LogP contribution in [0.5, 0.6) is 0 Å². The van der Waals surface area contributed by atoms with Gasteiger partial charge in [-0.15, -0.1) is 0 Å². The van der Waals surface area contributed by atoms with E-state index in [-0.39, 0.29) is 10.4 Å². The van der Waals surface area contributed by atoms with Crippen molar-refractivity contribution >= 4 is 27.0 Å². The van der Waals surface area contributed by atoms with Crippen LogP contribution in [0, 0.1) is 5.82 Å². The van der Waals surface area contributed by atoms with E-state index in [9.17, 15) is 4.39 Å². The zero-order valence-electron chi connectivity index (χ0n) is 5.96. The molecule has 2 heterocycles. The fourth-order valence-electron chi connectivity index (χ4n) is 0.958. The Hall–Kier alpha value is -1.03. The molecular formula is C8H4BrFN2. The summed E-state index contributed by atoms with van der Waals surface area (Å²) in [6.07, 6.45) is 1.62. The summed E-state index contributed by atoms with van der Waals surface area (Å²) in [5.74, 6) is -0.365. The largest absolute Gasteiger partial charge is 0.237 e. The van der Waals surface area contributed by atoms with Crippen LogP contribution in [0.25, 0.3) is 11.0 Å². The first-order valence-corrected chi connectivity index (χ1v) is 4.13. The van der Waals surface area contributed by atoms with Crippen molar-refractivity contribution in [2.75, 3.05) is 0 Å². The lowest BCUT2D eigenvalue weighted by Crippen LogP contribution is -1.87. The number of rotatable bonds is 0. The summed E-state index contributed by atoms with van der Waals surface area (Å²) in [7, 11) is 0. The smallest absolute Gasteiger partial charge is 0.160 e. The summed E-state index contributed by atoms with van der Waals surface area (Å²) in [6, 6.07) is 4.92. The van der Waals surface area contributed by atoms with Crippen molar-refractivity contribution in [2.24, 2.45) is 0 Å². The highest BCUT2D eigenvalue weighted by atomic mass is 79.9. The summed E-state index contributed by atoms with van der Waals surface area (Å²) in [4.78, 5) is 7.88. The van der Waals surface area contributed by atoms with Gasteiger partial charge in [0.2, 0.25) is 0 Å². The van der Waals surface area contributed by atoms with Gasteiger partial charge in [-0.25, -0.2) is 14.4 Å². The fourth-order valence-corrected chi connectivity index (χ4v) is 1.24. The van der Waals surface area contributed by atoms with Gasteiger partial charge in [0.1, 0.15) is 4.60 Å². The molecule has 0 amide bonds. The Morgan fingerprint density at radius 2 is 2.25 bits per heavy atom. The molecule has 2 aromatic heterocycles. The van der Waals surface area contributed by atoms with Crippen LogP contribution < -0.4 is 0 Å². The van der Waals surface area contributed by atoms with Gasteiger partial charge in [-0.05, 0) is 34.1 Å². The van der Waals surface area contributed by atoms with E-state index in [0.717, 1.165) is 0 Å². The number of halogens is 2. The Labute approximate surface area is 76.6 Å². The van der Waals surface area contributed by atoms with Crippen molar-refractivity contribution in [1.29, 1.82) is 0 Å². The van der Waals surface area contributed by atoms with Gasteiger partial charge >= 0.3 is 0 Å². The molecule has 60 valence electrons. The molecule has 0 aliphatic heterocycles. The van der Waals surface area contributed by atoms with E-state index in [1.807, 2.05) is 0 Å². The van der Waals surface area contributed by atoms with Gasteiger partial charge in [0.25, 0.3) is 0 Å². The van der Waals surface area contributed by atoms with Gasteiger partial charge in [0.15, 0.2) is 11.5 Å². The first-order chi connectivity index (χ1) is 5.77. The van der Waals surface area contributed by atoms with E-state index in [1.165, 1.54) is 6.07 Å². The predicted octanol–water partition coefficient (Wildman–Crippen LogP) is 2.53. The average Bonchev–Trinajstić information content (AvgIpc) is 2.07. The maximum atomic E-state index is 12.9. The number of fused-ring (bicyclic) bond motifs is 1. The minimum absolute atomic E-state index is 0.203. The summed E-state index contributed by atoms with van der Waals surface area (Å²) in [6.45, 7) is 0. The van der Waals surface area contributed by atoms with Crippen LogP contribution in [0.1, 0.15) is 0 Å². The fraction of sp³-hybridized carbons (Fsp3) is 0. The molecule has 0 saturated heterocycles. The number of hydrogen-bond donors (Lipinski definition) is 0. The summed E-state index contributed by atoms with van der Waals surface area (Å²) in [5.41, 5.74) is 0.547. The third-order valence-corrected chi connectivity index (χ3v) is 2.06. The van der Waals surface area contributed by atoms with Gasteiger partial charge in [0, 0.05) is 11.6 Å². The second-order valence-electron chi connectivity index (χ2n) is 2.31. The highest BCUT2D eigenvalue weighted by molar-refractivity contribution is 9.10. The molecule has 0 saturated carbocycles. The first kappa shape index (κ1) is 7.61. The SMILES string of the molecule is Fc1cc2cccnc2nc1Br. The first-order valence-electron chi connectivity index (χ1n) is 3.34. The van der Waals surface area contributed by atoms with Crippen LogP contribution in [0.2, 0.25) is 0 Å². The maximum absolute atomic E-state index is 12.9. The van der Waals surface area contributed by atoms with Gasteiger partial charge in [-0.1, -0.05) is 0 Å². The predicted molar refractivity (Wildman–Crippen MR) is 47.2 cm³/mol. The van der Waals surface area contributed by atoms with Crippen molar-refractivity contribution in [3.63, 3.8) is 0 Å². The van der Waals surface area contributed by atoms with E-state index in [4.69, 9.17) is 0 Å². The number of aromatic nitrogens is 2. The second-order valence-corrected chi connectivity index (χ2v) is 3.06. The standard InChI is InChI=1S/C8H4BrFN2/c9-7-6(10)4-5-2-1-3-11-8(5)12-7/h1-4H. The Kier molecular flexibility index (Phi) is 1.77. The number of hydrogen-bond acceptors (Lipinski definition) is 2. The van der Waals surface area contributed by atoms with Crippen LogP contribution in [0.15, 0.2) is 29.0 Å². The van der Waals surface area contributed by atoms with Crippen LogP contribution in [-0.4, -0.2) is 9.97 Å². The van der Waals surface area contributed by atoms with Crippen molar-refractivity contribution in [3.8, 4) is 0 Å². The Balaban J connectivity index is 2.84. The number of nitrogens with zero attached hydrogens (tertiary/aromatic N) is 2. The van der Waals surface area contributed by atoms with Crippen molar-refractivity contribution in [3.05, 3.63) is 34.8 Å². The molecule has 2 aromatic rings. The van der Waals surface area contributed by atoms with E-state index in [2.05, 4.69) is 25.9 Å². The topological polar surface area (TPSA) is 25.8 Å². The molecule has 0 aliphatic rings. The van der Waals surface area contributed by atoms with Crippen molar-refractivity contribution in [1.82, 2.24) is 9.97 Å². The van der Waals surface area contributed by atoms with E-state index >= 15 is 0 Å². The third kappa shape index (κ3) is 1.18. The summed E-state index contributed by atoms with van der Waals surface area (Å²) >= 11 is 2.99. The highest BCUT2D eigenvalue weighted by Gasteiger charge is 2.02. The summed E-state index contributed by atoms with van der Waals surface area (Å²) < 4.78 is 13.1.